The lowest BCUT2D eigenvalue weighted by Gasteiger charge is -2.27. The number of halogens is 2. The molecule has 1 aromatic heterocycles. The summed E-state index contributed by atoms with van der Waals surface area (Å²) in [5.41, 5.74) is 5.41. The number of hydrogen-bond donors (Lipinski definition) is 2. The lowest BCUT2D eigenvalue weighted by Crippen LogP contribution is -2.43. The van der Waals surface area contributed by atoms with Crippen LogP contribution in [0.25, 0.3) is 11.0 Å². The lowest BCUT2D eigenvalue weighted by molar-refractivity contribution is -0.0706. The zero-order valence-corrected chi connectivity index (χ0v) is 11.6. The number of carbonyl (C=O) groups excluding carboxylic acids is 1. The zero-order valence-electron chi connectivity index (χ0n) is 11.6. The van der Waals surface area contributed by atoms with Gasteiger partial charge in [0.1, 0.15) is 0 Å². The number of amides is 1. The van der Waals surface area contributed by atoms with Crippen molar-refractivity contribution in [3.05, 3.63) is 30.1 Å². The van der Waals surface area contributed by atoms with E-state index in [4.69, 9.17) is 5.73 Å². The summed E-state index contributed by atoms with van der Waals surface area (Å²) < 4.78 is 28.0. The molecule has 2 aromatic rings. The molecule has 5 nitrogen and oxygen atoms in total. The average Bonchev–Trinajstić information content (AvgIpc) is 2.98. The molecule has 3 N–H and O–H groups in total. The summed E-state index contributed by atoms with van der Waals surface area (Å²) in [7, 11) is 0. The predicted molar refractivity (Wildman–Crippen MR) is 74.1 cm³/mol. The second-order valence-corrected chi connectivity index (χ2v) is 5.73. The van der Waals surface area contributed by atoms with Gasteiger partial charge in [-0.15, -0.1) is 0 Å². The van der Waals surface area contributed by atoms with Crippen molar-refractivity contribution in [2.75, 3.05) is 19.6 Å². The van der Waals surface area contributed by atoms with Crippen LogP contribution in [0, 0.1) is 5.41 Å². The number of nitrogens with one attached hydrogen (secondary N) is 1. The van der Waals surface area contributed by atoms with Gasteiger partial charge in [0.15, 0.2) is 5.82 Å². The monoisotopic (exact) mass is 294 g/mol. The fourth-order valence-electron chi connectivity index (χ4n) is 2.58. The molecular formula is C14H16F2N4O. The molecule has 1 atom stereocenters. The van der Waals surface area contributed by atoms with Crippen LogP contribution in [0.2, 0.25) is 0 Å². The van der Waals surface area contributed by atoms with Gasteiger partial charge in [-0.1, -0.05) is 19.1 Å². The minimum atomic E-state index is -3.00. The van der Waals surface area contributed by atoms with Crippen LogP contribution in [0.15, 0.2) is 24.3 Å². The van der Waals surface area contributed by atoms with Crippen molar-refractivity contribution >= 4 is 16.9 Å². The first-order valence-electron chi connectivity index (χ1n) is 6.68. The number of hydrogen-bond acceptors (Lipinski definition) is 3. The van der Waals surface area contributed by atoms with E-state index in [0.717, 1.165) is 4.90 Å². The lowest BCUT2D eigenvalue weighted by atomic mass is 9.86. The van der Waals surface area contributed by atoms with Crippen molar-refractivity contribution in [2.24, 2.45) is 11.1 Å². The number of nitrogens with two attached hydrogens (primary N) is 1. The molecule has 21 heavy (non-hydrogen) atoms. The minimum Gasteiger partial charge on any atom is -0.334 e. The second kappa shape index (κ2) is 4.49. The van der Waals surface area contributed by atoms with E-state index in [1.54, 1.807) is 18.2 Å². The number of carbonyl (C=O) groups is 1. The van der Waals surface area contributed by atoms with Crippen LogP contribution >= 0.6 is 0 Å². The molecule has 1 fully saturated rings. The van der Waals surface area contributed by atoms with E-state index in [-0.39, 0.29) is 18.9 Å². The number of imidazole rings is 1. The third kappa shape index (κ3) is 2.08. The van der Waals surface area contributed by atoms with E-state index in [0.29, 0.717) is 11.0 Å². The van der Waals surface area contributed by atoms with Gasteiger partial charge in [0.05, 0.1) is 23.0 Å². The van der Waals surface area contributed by atoms with Crippen LogP contribution in [0.5, 0.6) is 0 Å². The average molecular weight is 294 g/mol. The molecule has 1 aliphatic heterocycles. The van der Waals surface area contributed by atoms with Crippen molar-refractivity contribution < 1.29 is 13.6 Å². The van der Waals surface area contributed by atoms with Crippen LogP contribution in [-0.4, -0.2) is 46.3 Å². The fourth-order valence-corrected chi connectivity index (χ4v) is 2.58. The minimum absolute atomic E-state index is 0.0770. The Bertz CT molecular complexity index is 666. The summed E-state index contributed by atoms with van der Waals surface area (Å²) >= 11 is 0. The van der Waals surface area contributed by atoms with Gasteiger partial charge in [0.25, 0.3) is 11.8 Å². The van der Waals surface area contributed by atoms with Crippen LogP contribution in [0.3, 0.4) is 0 Å². The van der Waals surface area contributed by atoms with Crippen LogP contribution in [0.1, 0.15) is 17.5 Å². The largest absolute Gasteiger partial charge is 0.334 e. The normalized spacial score (nSPS) is 24.7. The van der Waals surface area contributed by atoms with Gasteiger partial charge in [-0.2, -0.15) is 0 Å². The summed E-state index contributed by atoms with van der Waals surface area (Å²) in [6, 6.07) is 7.14. The summed E-state index contributed by atoms with van der Waals surface area (Å²) in [5, 5.41) is 0. The summed E-state index contributed by atoms with van der Waals surface area (Å²) in [4.78, 5) is 20.5. The first kappa shape index (κ1) is 13.9. The van der Waals surface area contributed by atoms with E-state index >= 15 is 0 Å². The van der Waals surface area contributed by atoms with Crippen molar-refractivity contribution in [3.63, 3.8) is 0 Å². The Morgan fingerprint density at radius 1 is 1.43 bits per heavy atom. The maximum absolute atomic E-state index is 14.0. The molecule has 1 amide bonds. The molecule has 0 spiro atoms. The third-order valence-corrected chi connectivity index (χ3v) is 4.14. The number of likely N-dealkylation sites (tertiary alicyclic amines) is 1. The standard InChI is InChI=1S/C14H16F2N4O/c1-13(6-17)7-20(8-14(13,15)16)12(21)11-18-9-4-2-3-5-10(9)19-11/h2-5H,6-8,17H2,1H3,(H,18,19). The van der Waals surface area contributed by atoms with E-state index < -0.39 is 23.8 Å². The highest BCUT2D eigenvalue weighted by Crippen LogP contribution is 2.43. The topological polar surface area (TPSA) is 75.0 Å². The number of benzene rings is 1. The molecule has 112 valence electrons. The molecule has 0 bridgehead atoms. The number of para-hydroxylation sites is 2. The summed E-state index contributed by atoms with van der Waals surface area (Å²) in [6.07, 6.45) is 0. The Morgan fingerprint density at radius 2 is 2.14 bits per heavy atom. The van der Waals surface area contributed by atoms with Gasteiger partial charge in [-0.3, -0.25) is 4.79 Å². The molecule has 7 heteroatoms. The highest BCUT2D eigenvalue weighted by atomic mass is 19.3. The fraction of sp³-hybridized carbons (Fsp3) is 0.429. The van der Waals surface area contributed by atoms with Crippen LogP contribution in [0.4, 0.5) is 8.78 Å². The highest BCUT2D eigenvalue weighted by Gasteiger charge is 2.57. The Kier molecular flexibility index (Phi) is 2.98. The molecule has 3 rings (SSSR count). The van der Waals surface area contributed by atoms with Gasteiger partial charge in [0, 0.05) is 13.1 Å². The van der Waals surface area contributed by atoms with Crippen molar-refractivity contribution in [2.45, 2.75) is 12.8 Å². The summed E-state index contributed by atoms with van der Waals surface area (Å²) in [5.74, 6) is -3.44. The molecule has 1 aliphatic rings. The Balaban J connectivity index is 1.89. The maximum atomic E-state index is 14.0. The van der Waals surface area contributed by atoms with Gasteiger partial charge < -0.3 is 15.6 Å². The number of fused-ring (bicyclic) bond motifs is 1. The van der Waals surface area contributed by atoms with Crippen LogP contribution in [-0.2, 0) is 0 Å². The molecule has 0 radical (unpaired) electrons. The zero-order chi connectivity index (χ0) is 15.3. The first-order valence-corrected chi connectivity index (χ1v) is 6.68. The van der Waals surface area contributed by atoms with Crippen LogP contribution < -0.4 is 5.73 Å². The molecule has 0 aliphatic carbocycles. The van der Waals surface area contributed by atoms with E-state index in [2.05, 4.69) is 9.97 Å². The Hall–Kier alpha value is -2.02. The number of H-pyrrole nitrogens is 1. The van der Waals surface area contributed by atoms with Gasteiger partial charge in [-0.25, -0.2) is 13.8 Å². The Morgan fingerprint density at radius 3 is 2.76 bits per heavy atom. The van der Waals surface area contributed by atoms with E-state index in [1.807, 2.05) is 6.07 Å². The highest BCUT2D eigenvalue weighted by molar-refractivity contribution is 5.94. The van der Waals surface area contributed by atoms with Crippen molar-refractivity contribution in [1.29, 1.82) is 0 Å². The van der Waals surface area contributed by atoms with Crippen molar-refractivity contribution in [3.8, 4) is 0 Å². The van der Waals surface area contributed by atoms with Gasteiger partial charge in [-0.05, 0) is 12.1 Å². The first-order chi connectivity index (χ1) is 9.86. The number of alkyl halides is 2. The number of aromatic amines is 1. The smallest absolute Gasteiger partial charge is 0.289 e. The van der Waals surface area contributed by atoms with Gasteiger partial charge in [0.2, 0.25) is 0 Å². The number of rotatable bonds is 2. The second-order valence-electron chi connectivity index (χ2n) is 5.73. The summed E-state index contributed by atoms with van der Waals surface area (Å²) in [6.45, 7) is 0.520. The van der Waals surface area contributed by atoms with Gasteiger partial charge >= 0.3 is 0 Å². The van der Waals surface area contributed by atoms with E-state index in [9.17, 15) is 13.6 Å². The molecule has 2 heterocycles. The Labute approximate surface area is 120 Å². The number of nitrogens with zero attached hydrogens (tertiary/aromatic N) is 2. The third-order valence-electron chi connectivity index (χ3n) is 4.14. The maximum Gasteiger partial charge on any atom is 0.289 e. The van der Waals surface area contributed by atoms with E-state index in [1.165, 1.54) is 6.92 Å². The molecule has 1 aromatic carbocycles. The quantitative estimate of drug-likeness (QED) is 0.883. The molecular weight excluding hydrogens is 278 g/mol. The SMILES string of the molecule is CC1(CN)CN(C(=O)c2nc3ccccc3[nH]2)CC1(F)F. The molecule has 1 saturated heterocycles. The van der Waals surface area contributed by atoms with Crippen molar-refractivity contribution in [1.82, 2.24) is 14.9 Å². The number of aromatic nitrogens is 2. The predicted octanol–water partition coefficient (Wildman–Crippen LogP) is 1.62. The molecule has 1 unspecified atom stereocenters. The molecule has 0 saturated carbocycles.